The minimum atomic E-state index is -0.0986. The topological polar surface area (TPSA) is 64.1 Å². The van der Waals surface area contributed by atoms with Gasteiger partial charge in [-0.05, 0) is 36.9 Å². The van der Waals surface area contributed by atoms with E-state index in [1.54, 1.807) is 6.20 Å². The summed E-state index contributed by atoms with van der Waals surface area (Å²) >= 11 is 0. The van der Waals surface area contributed by atoms with E-state index < -0.39 is 0 Å². The Morgan fingerprint density at radius 3 is 2.75 bits per heavy atom. The van der Waals surface area contributed by atoms with Crippen molar-refractivity contribution in [3.63, 3.8) is 0 Å². The van der Waals surface area contributed by atoms with Gasteiger partial charge in [-0.25, -0.2) is 5.43 Å². The van der Waals surface area contributed by atoms with Crippen LogP contribution in [0.4, 0.5) is 0 Å². The van der Waals surface area contributed by atoms with E-state index in [1.165, 1.54) is 0 Å². The van der Waals surface area contributed by atoms with Crippen LogP contribution in [0.2, 0.25) is 0 Å². The average molecular weight is 267 g/mol. The molecule has 0 saturated carbocycles. The Hall–Kier alpha value is -2.17. The van der Waals surface area contributed by atoms with Crippen LogP contribution in [0.15, 0.2) is 47.1 Å². The Bertz CT molecular complexity index is 743. The molecule has 0 fully saturated rings. The molecule has 2 heterocycles. The number of benzene rings is 1. The minimum absolute atomic E-state index is 0.0986. The van der Waals surface area contributed by atoms with Gasteiger partial charge in [-0.1, -0.05) is 18.2 Å². The molecule has 3 aromatic rings. The molecule has 0 radical (unpaired) electrons. The van der Waals surface area contributed by atoms with Crippen molar-refractivity contribution in [1.82, 2.24) is 10.4 Å². The van der Waals surface area contributed by atoms with E-state index in [2.05, 4.69) is 16.5 Å². The first-order valence-electron chi connectivity index (χ1n) is 6.56. The fraction of sp³-hybridized carbons (Fsp3) is 0.188. The van der Waals surface area contributed by atoms with Gasteiger partial charge in [-0.2, -0.15) is 0 Å². The Morgan fingerprint density at radius 1 is 1.20 bits per heavy atom. The first-order valence-corrected chi connectivity index (χ1v) is 6.56. The number of furan rings is 1. The molecule has 1 aromatic carbocycles. The highest BCUT2D eigenvalue weighted by atomic mass is 16.3. The largest absolute Gasteiger partial charge is 0.466 e. The summed E-state index contributed by atoms with van der Waals surface area (Å²) < 4.78 is 5.62. The van der Waals surface area contributed by atoms with E-state index >= 15 is 0 Å². The fourth-order valence-electron chi connectivity index (χ4n) is 2.68. The van der Waals surface area contributed by atoms with Gasteiger partial charge in [0, 0.05) is 23.3 Å². The maximum atomic E-state index is 5.80. The Kier molecular flexibility index (Phi) is 3.26. The van der Waals surface area contributed by atoms with E-state index in [9.17, 15) is 0 Å². The molecule has 0 bridgehead atoms. The predicted octanol–water partition coefficient (Wildman–Crippen LogP) is 3.00. The molecule has 0 amide bonds. The molecule has 2 aromatic heterocycles. The number of hydrogen-bond acceptors (Lipinski definition) is 4. The van der Waals surface area contributed by atoms with Gasteiger partial charge < -0.3 is 4.42 Å². The third-order valence-corrected chi connectivity index (χ3v) is 3.58. The second-order valence-corrected chi connectivity index (χ2v) is 4.91. The number of pyridine rings is 1. The maximum Gasteiger partial charge on any atom is 0.106 e. The number of fused-ring (bicyclic) bond motifs is 1. The van der Waals surface area contributed by atoms with Crippen molar-refractivity contribution < 1.29 is 4.42 Å². The summed E-state index contributed by atoms with van der Waals surface area (Å²) in [5.74, 6) is 7.57. The molecular weight excluding hydrogens is 250 g/mol. The summed E-state index contributed by atoms with van der Waals surface area (Å²) in [6.45, 7) is 3.90. The zero-order chi connectivity index (χ0) is 14.1. The predicted molar refractivity (Wildman–Crippen MR) is 79.1 cm³/mol. The molecule has 0 saturated heterocycles. The summed E-state index contributed by atoms with van der Waals surface area (Å²) in [6.07, 6.45) is 3.66. The lowest BCUT2D eigenvalue weighted by Crippen LogP contribution is -2.29. The van der Waals surface area contributed by atoms with Crippen LogP contribution in [0.25, 0.3) is 10.8 Å². The lowest BCUT2D eigenvalue weighted by molar-refractivity contribution is 0.495. The molecule has 0 aliphatic rings. The molecule has 0 spiro atoms. The van der Waals surface area contributed by atoms with Gasteiger partial charge in [0.25, 0.3) is 0 Å². The van der Waals surface area contributed by atoms with Gasteiger partial charge in [-0.15, -0.1) is 0 Å². The molecule has 3 rings (SSSR count). The molecule has 0 aliphatic carbocycles. The quantitative estimate of drug-likeness (QED) is 0.565. The number of nitrogens with two attached hydrogens (primary N) is 1. The Balaban J connectivity index is 2.19. The first kappa shape index (κ1) is 12.8. The second kappa shape index (κ2) is 5.07. The number of aryl methyl sites for hydroxylation is 2. The molecule has 1 unspecified atom stereocenters. The molecule has 0 aliphatic heterocycles. The highest BCUT2D eigenvalue weighted by Crippen LogP contribution is 2.31. The van der Waals surface area contributed by atoms with Gasteiger partial charge in [0.05, 0.1) is 6.04 Å². The number of nitrogens with one attached hydrogen (secondary N) is 1. The van der Waals surface area contributed by atoms with Crippen LogP contribution < -0.4 is 11.3 Å². The van der Waals surface area contributed by atoms with E-state index in [0.29, 0.717) is 0 Å². The van der Waals surface area contributed by atoms with Crippen LogP contribution in [0.3, 0.4) is 0 Å². The number of nitrogens with zero attached hydrogens (tertiary/aromatic N) is 1. The van der Waals surface area contributed by atoms with Crippen LogP contribution >= 0.6 is 0 Å². The third-order valence-electron chi connectivity index (χ3n) is 3.58. The number of hydrazine groups is 1. The second-order valence-electron chi connectivity index (χ2n) is 4.91. The minimum Gasteiger partial charge on any atom is -0.466 e. The Morgan fingerprint density at radius 2 is 2.05 bits per heavy atom. The van der Waals surface area contributed by atoms with Crippen molar-refractivity contribution in [2.45, 2.75) is 19.9 Å². The summed E-state index contributed by atoms with van der Waals surface area (Å²) in [4.78, 5) is 4.16. The summed E-state index contributed by atoms with van der Waals surface area (Å²) in [5.41, 5.74) is 5.09. The highest BCUT2D eigenvalue weighted by molar-refractivity contribution is 5.85. The van der Waals surface area contributed by atoms with Crippen molar-refractivity contribution in [2.24, 2.45) is 5.84 Å². The lowest BCUT2D eigenvalue weighted by atomic mass is 9.95. The molecule has 4 heteroatoms. The average Bonchev–Trinajstić information content (AvgIpc) is 2.79. The van der Waals surface area contributed by atoms with Crippen molar-refractivity contribution in [3.8, 4) is 0 Å². The zero-order valence-electron chi connectivity index (χ0n) is 11.6. The summed E-state index contributed by atoms with van der Waals surface area (Å²) in [5, 5.41) is 2.24. The molecule has 4 nitrogen and oxygen atoms in total. The van der Waals surface area contributed by atoms with E-state index in [0.717, 1.165) is 33.4 Å². The van der Waals surface area contributed by atoms with Crippen molar-refractivity contribution >= 4 is 10.8 Å². The lowest BCUT2D eigenvalue weighted by Gasteiger charge is -2.18. The van der Waals surface area contributed by atoms with Crippen LogP contribution in [-0.4, -0.2) is 4.98 Å². The molecular formula is C16H17N3O. The summed E-state index contributed by atoms with van der Waals surface area (Å²) in [7, 11) is 0. The smallest absolute Gasteiger partial charge is 0.106 e. The van der Waals surface area contributed by atoms with Crippen molar-refractivity contribution in [2.75, 3.05) is 0 Å². The van der Waals surface area contributed by atoms with Crippen LogP contribution in [0, 0.1) is 13.8 Å². The monoisotopic (exact) mass is 267 g/mol. The van der Waals surface area contributed by atoms with Gasteiger partial charge >= 0.3 is 0 Å². The fourth-order valence-corrected chi connectivity index (χ4v) is 2.68. The van der Waals surface area contributed by atoms with Crippen molar-refractivity contribution in [1.29, 1.82) is 0 Å². The third kappa shape index (κ3) is 2.09. The molecule has 20 heavy (non-hydrogen) atoms. The highest BCUT2D eigenvalue weighted by Gasteiger charge is 2.19. The van der Waals surface area contributed by atoms with Gasteiger partial charge in [0.15, 0.2) is 0 Å². The number of hydrogen-bond donors (Lipinski definition) is 2. The van der Waals surface area contributed by atoms with Gasteiger partial charge in [0.2, 0.25) is 0 Å². The van der Waals surface area contributed by atoms with Crippen molar-refractivity contribution in [3.05, 3.63) is 65.4 Å². The van der Waals surface area contributed by atoms with Gasteiger partial charge in [-0.3, -0.25) is 10.8 Å². The SMILES string of the molecule is Cc1cc(C(NN)c2cccc3cnccc23)c(C)o1. The summed E-state index contributed by atoms with van der Waals surface area (Å²) in [6, 6.07) is 10.1. The van der Waals surface area contributed by atoms with Crippen LogP contribution in [0.1, 0.15) is 28.7 Å². The first-order chi connectivity index (χ1) is 9.70. The standard InChI is InChI=1S/C16H17N3O/c1-10-8-15(11(2)20-10)16(19-17)14-5-3-4-12-9-18-7-6-13(12)14/h3-9,16,19H,17H2,1-2H3. The molecule has 102 valence electrons. The van der Waals surface area contributed by atoms with E-state index in [1.807, 2.05) is 44.3 Å². The van der Waals surface area contributed by atoms with Crippen LogP contribution in [0.5, 0.6) is 0 Å². The molecule has 1 atom stereocenters. The maximum absolute atomic E-state index is 5.80. The number of rotatable bonds is 3. The Labute approximate surface area is 117 Å². The van der Waals surface area contributed by atoms with Crippen LogP contribution in [-0.2, 0) is 0 Å². The van der Waals surface area contributed by atoms with E-state index in [-0.39, 0.29) is 6.04 Å². The van der Waals surface area contributed by atoms with Gasteiger partial charge in [0.1, 0.15) is 11.5 Å². The zero-order valence-corrected chi connectivity index (χ0v) is 11.6. The number of aromatic nitrogens is 1. The molecule has 3 N–H and O–H groups in total. The normalized spacial score (nSPS) is 12.8. The van der Waals surface area contributed by atoms with E-state index in [4.69, 9.17) is 10.3 Å².